The van der Waals surface area contributed by atoms with Gasteiger partial charge in [0.2, 0.25) is 0 Å². The third-order valence-electron chi connectivity index (χ3n) is 2.52. The van der Waals surface area contributed by atoms with E-state index in [9.17, 15) is 4.79 Å². The van der Waals surface area contributed by atoms with Crippen LogP contribution in [0.25, 0.3) is 0 Å². The highest BCUT2D eigenvalue weighted by Gasteiger charge is 2.13. The van der Waals surface area contributed by atoms with Crippen molar-refractivity contribution in [3.8, 4) is 5.75 Å². The molecule has 1 aromatic heterocycles. The van der Waals surface area contributed by atoms with Crippen molar-refractivity contribution in [2.45, 2.75) is 0 Å². The summed E-state index contributed by atoms with van der Waals surface area (Å²) in [6, 6.07) is 3.47. The minimum Gasteiger partial charge on any atom is -0.495 e. The second-order valence-corrected chi connectivity index (χ2v) is 5.56. The maximum Gasteiger partial charge on any atom is 0.275 e. The van der Waals surface area contributed by atoms with Crippen molar-refractivity contribution in [1.29, 1.82) is 0 Å². The van der Waals surface area contributed by atoms with E-state index in [0.29, 0.717) is 21.7 Å². The number of aromatic nitrogens is 2. The van der Waals surface area contributed by atoms with Gasteiger partial charge in [-0.1, -0.05) is 0 Å². The second-order valence-electron chi connectivity index (χ2n) is 3.85. The summed E-state index contributed by atoms with van der Waals surface area (Å²) < 4.78 is 6.67. The zero-order valence-corrected chi connectivity index (χ0v) is 14.0. The van der Waals surface area contributed by atoms with Crippen molar-refractivity contribution in [2.24, 2.45) is 5.84 Å². The van der Waals surface area contributed by atoms with Crippen LogP contribution in [0.2, 0.25) is 0 Å². The lowest BCUT2D eigenvalue weighted by atomic mass is 10.3. The molecular formula is C12H11Br2N5O2. The van der Waals surface area contributed by atoms with E-state index in [1.807, 2.05) is 0 Å². The van der Waals surface area contributed by atoms with Crippen molar-refractivity contribution in [1.82, 2.24) is 9.97 Å². The molecule has 0 aliphatic heterocycles. The van der Waals surface area contributed by atoms with Crippen LogP contribution >= 0.6 is 31.9 Å². The van der Waals surface area contributed by atoms with Crippen LogP contribution in [-0.4, -0.2) is 23.0 Å². The van der Waals surface area contributed by atoms with Gasteiger partial charge in [-0.05, 0) is 37.9 Å². The summed E-state index contributed by atoms with van der Waals surface area (Å²) in [5.41, 5.74) is 3.07. The minimum atomic E-state index is -0.392. The number of nitrogen functional groups attached to an aromatic ring is 1. The van der Waals surface area contributed by atoms with Gasteiger partial charge in [0.05, 0.1) is 29.7 Å². The van der Waals surface area contributed by atoms with Gasteiger partial charge in [0, 0.05) is 10.5 Å². The first-order valence-electron chi connectivity index (χ1n) is 5.68. The third-order valence-corrected chi connectivity index (χ3v) is 3.80. The normalized spacial score (nSPS) is 10.1. The number of carbonyl (C=O) groups is 1. The number of nitrogens with two attached hydrogens (primary N) is 1. The van der Waals surface area contributed by atoms with Gasteiger partial charge in [0.15, 0.2) is 5.82 Å². The summed E-state index contributed by atoms with van der Waals surface area (Å²) in [7, 11) is 1.55. The Morgan fingerprint density at radius 1 is 1.24 bits per heavy atom. The SMILES string of the molecule is COc1cc(NC(=O)c2cnc(NN)cn2)c(Br)cc1Br. The number of methoxy groups -OCH3 is 1. The van der Waals surface area contributed by atoms with Gasteiger partial charge in [-0.25, -0.2) is 15.8 Å². The molecule has 0 fully saturated rings. The Hall–Kier alpha value is -1.71. The molecule has 0 saturated heterocycles. The molecule has 0 aliphatic carbocycles. The number of hydrazine groups is 1. The summed E-state index contributed by atoms with van der Waals surface area (Å²) in [5, 5.41) is 2.73. The number of benzene rings is 1. The van der Waals surface area contributed by atoms with Gasteiger partial charge in [-0.3, -0.25) is 4.79 Å². The van der Waals surface area contributed by atoms with Crippen molar-refractivity contribution >= 4 is 49.3 Å². The molecule has 21 heavy (non-hydrogen) atoms. The number of nitrogens with zero attached hydrogens (tertiary/aromatic N) is 2. The zero-order chi connectivity index (χ0) is 15.4. The first-order chi connectivity index (χ1) is 10.0. The van der Waals surface area contributed by atoms with Gasteiger partial charge >= 0.3 is 0 Å². The third kappa shape index (κ3) is 3.69. The molecule has 0 atom stereocenters. The number of rotatable bonds is 4. The van der Waals surface area contributed by atoms with E-state index >= 15 is 0 Å². The molecule has 0 radical (unpaired) electrons. The Bertz CT molecular complexity index is 663. The van der Waals surface area contributed by atoms with Crippen LogP contribution in [0.3, 0.4) is 0 Å². The number of ether oxygens (including phenoxy) is 1. The topological polar surface area (TPSA) is 102 Å². The highest BCUT2D eigenvalue weighted by Crippen LogP contribution is 2.34. The minimum absolute atomic E-state index is 0.169. The van der Waals surface area contributed by atoms with E-state index in [0.717, 1.165) is 4.47 Å². The molecule has 2 rings (SSSR count). The lowest BCUT2D eigenvalue weighted by Gasteiger charge is -2.10. The number of amides is 1. The van der Waals surface area contributed by atoms with Gasteiger partial charge < -0.3 is 15.5 Å². The molecule has 2 aromatic rings. The summed E-state index contributed by atoms with van der Waals surface area (Å²) in [6.45, 7) is 0. The van der Waals surface area contributed by atoms with Gasteiger partial charge in [0.1, 0.15) is 11.4 Å². The largest absolute Gasteiger partial charge is 0.495 e. The molecule has 1 heterocycles. The smallest absolute Gasteiger partial charge is 0.275 e. The monoisotopic (exact) mass is 415 g/mol. The Balaban J connectivity index is 2.22. The van der Waals surface area contributed by atoms with Crippen molar-refractivity contribution in [3.63, 3.8) is 0 Å². The molecule has 0 bridgehead atoms. The highest BCUT2D eigenvalue weighted by atomic mass is 79.9. The number of hydrogen-bond donors (Lipinski definition) is 3. The predicted molar refractivity (Wildman–Crippen MR) is 86.2 cm³/mol. The number of hydrogen-bond acceptors (Lipinski definition) is 6. The maximum atomic E-state index is 12.1. The molecular weight excluding hydrogens is 406 g/mol. The Kier molecular flexibility index (Phi) is 5.10. The van der Waals surface area contributed by atoms with E-state index < -0.39 is 5.91 Å². The summed E-state index contributed by atoms with van der Waals surface area (Å²) in [4.78, 5) is 20.0. The second kappa shape index (κ2) is 6.83. The molecule has 7 nitrogen and oxygen atoms in total. The number of nitrogens with one attached hydrogen (secondary N) is 2. The quantitative estimate of drug-likeness (QED) is 0.522. The van der Waals surface area contributed by atoms with Crippen LogP contribution in [0.5, 0.6) is 5.75 Å². The Morgan fingerprint density at radius 3 is 2.57 bits per heavy atom. The van der Waals surface area contributed by atoms with E-state index in [-0.39, 0.29) is 5.69 Å². The molecule has 1 amide bonds. The predicted octanol–water partition coefficient (Wildman–Crippen LogP) is 2.55. The molecule has 0 aliphatic rings. The molecule has 0 spiro atoms. The molecule has 0 saturated carbocycles. The van der Waals surface area contributed by atoms with E-state index in [1.165, 1.54) is 12.4 Å². The highest BCUT2D eigenvalue weighted by molar-refractivity contribution is 9.11. The fourth-order valence-electron chi connectivity index (χ4n) is 1.49. The summed E-state index contributed by atoms with van der Waals surface area (Å²) in [6.07, 6.45) is 2.70. The molecule has 4 N–H and O–H groups in total. The standard InChI is InChI=1S/C12H11Br2N5O2/c1-21-10-3-8(6(13)2-7(10)14)18-12(20)9-4-17-11(19-15)5-16-9/h2-5H,15H2,1H3,(H,17,19)(H,18,20). The van der Waals surface area contributed by atoms with Gasteiger partial charge in [0.25, 0.3) is 5.91 Å². The van der Waals surface area contributed by atoms with Crippen LogP contribution in [0, 0.1) is 0 Å². The summed E-state index contributed by atoms with van der Waals surface area (Å²) >= 11 is 6.73. The van der Waals surface area contributed by atoms with Gasteiger partial charge in [-0.15, -0.1) is 0 Å². The van der Waals surface area contributed by atoms with Crippen molar-refractivity contribution in [2.75, 3.05) is 17.9 Å². The Morgan fingerprint density at radius 2 is 2.00 bits per heavy atom. The number of anilines is 2. The molecule has 0 unspecified atom stereocenters. The fourth-order valence-corrected chi connectivity index (χ4v) is 2.74. The lowest BCUT2D eigenvalue weighted by Crippen LogP contribution is -2.16. The number of carbonyl (C=O) groups excluding carboxylic acids is 1. The average Bonchev–Trinajstić information content (AvgIpc) is 2.50. The number of halogens is 2. The van der Waals surface area contributed by atoms with E-state index in [4.69, 9.17) is 10.6 Å². The maximum absolute atomic E-state index is 12.1. The van der Waals surface area contributed by atoms with Crippen LogP contribution in [0.15, 0.2) is 33.5 Å². The summed E-state index contributed by atoms with van der Waals surface area (Å²) in [5.74, 6) is 5.77. The fraction of sp³-hybridized carbons (Fsp3) is 0.0833. The zero-order valence-electron chi connectivity index (χ0n) is 10.9. The van der Waals surface area contributed by atoms with Crippen LogP contribution in [0.1, 0.15) is 10.5 Å². The Labute approximate surface area is 137 Å². The average molecular weight is 417 g/mol. The van der Waals surface area contributed by atoms with Crippen LogP contribution < -0.4 is 21.3 Å². The first-order valence-corrected chi connectivity index (χ1v) is 7.26. The molecule has 1 aromatic carbocycles. The molecule has 110 valence electrons. The first kappa shape index (κ1) is 15.7. The lowest BCUT2D eigenvalue weighted by molar-refractivity contribution is 0.102. The van der Waals surface area contributed by atoms with Crippen LogP contribution in [0.4, 0.5) is 11.5 Å². The van der Waals surface area contributed by atoms with Crippen molar-refractivity contribution in [3.05, 3.63) is 39.2 Å². The molecule has 9 heteroatoms. The van der Waals surface area contributed by atoms with Crippen molar-refractivity contribution < 1.29 is 9.53 Å². The van der Waals surface area contributed by atoms with E-state index in [2.05, 4.69) is 52.6 Å². The van der Waals surface area contributed by atoms with E-state index in [1.54, 1.807) is 19.2 Å². The van der Waals surface area contributed by atoms with Gasteiger partial charge in [-0.2, -0.15) is 0 Å². The van der Waals surface area contributed by atoms with Crippen LogP contribution in [-0.2, 0) is 0 Å².